The predicted octanol–water partition coefficient (Wildman–Crippen LogP) is 5.05. The first-order chi connectivity index (χ1) is 15.8. The molecule has 1 heterocycles. The smallest absolute Gasteiger partial charge is 0.253 e. The summed E-state index contributed by atoms with van der Waals surface area (Å²) in [4.78, 5) is 28.9. The van der Waals surface area contributed by atoms with Crippen LogP contribution in [0.25, 0.3) is 10.9 Å². The van der Waals surface area contributed by atoms with Gasteiger partial charge in [-0.3, -0.25) is 9.59 Å². The Balaban J connectivity index is 1.79. The summed E-state index contributed by atoms with van der Waals surface area (Å²) in [5.41, 5.74) is 1.35. The third-order valence-corrected chi connectivity index (χ3v) is 7.12. The van der Waals surface area contributed by atoms with Crippen LogP contribution in [0.1, 0.15) is 75.6 Å². The molecule has 1 saturated carbocycles. The number of amides is 2. The Labute approximate surface area is 201 Å². The zero-order valence-corrected chi connectivity index (χ0v) is 20.8. The van der Waals surface area contributed by atoms with Crippen molar-refractivity contribution in [2.75, 3.05) is 7.05 Å². The number of halogens is 1. The summed E-state index contributed by atoms with van der Waals surface area (Å²) >= 11 is 6.16. The van der Waals surface area contributed by atoms with E-state index in [0.29, 0.717) is 35.3 Å². The van der Waals surface area contributed by atoms with Gasteiger partial charge >= 0.3 is 0 Å². The minimum Gasteiger partial charge on any atom is -0.391 e. The molecule has 3 rings (SSSR count). The number of aliphatic hydroxyl groups excluding tert-OH is 1. The number of aliphatic hydroxyl groups is 1. The van der Waals surface area contributed by atoms with Crippen molar-refractivity contribution >= 4 is 34.3 Å². The first-order valence-electron chi connectivity index (χ1n) is 12.3. The number of carbonyl (C=O) groups excluding carboxylic acids is 2. The molecule has 0 saturated heterocycles. The highest BCUT2D eigenvalue weighted by molar-refractivity contribution is 6.31. The summed E-state index contributed by atoms with van der Waals surface area (Å²) in [5, 5.41) is 18.4. The van der Waals surface area contributed by atoms with Crippen LogP contribution in [-0.4, -0.2) is 41.1 Å². The fraction of sp³-hybridized carbons (Fsp3) is 0.615. The largest absolute Gasteiger partial charge is 0.391 e. The molecule has 0 radical (unpaired) electrons. The van der Waals surface area contributed by atoms with E-state index in [1.165, 1.54) is 19.3 Å². The van der Waals surface area contributed by atoms with Gasteiger partial charge in [0.05, 0.1) is 17.7 Å². The maximum absolute atomic E-state index is 13.3. The first kappa shape index (κ1) is 25.6. The van der Waals surface area contributed by atoms with Crippen molar-refractivity contribution in [3.05, 3.63) is 35.0 Å². The van der Waals surface area contributed by atoms with E-state index in [4.69, 9.17) is 11.6 Å². The van der Waals surface area contributed by atoms with Crippen LogP contribution in [0.5, 0.6) is 0 Å². The Hall–Kier alpha value is -2.05. The summed E-state index contributed by atoms with van der Waals surface area (Å²) in [5.74, 6) is 0.227. The van der Waals surface area contributed by atoms with Crippen molar-refractivity contribution in [2.45, 2.75) is 77.4 Å². The highest BCUT2D eigenvalue weighted by atomic mass is 35.5. The van der Waals surface area contributed by atoms with E-state index < -0.39 is 12.1 Å². The Kier molecular flexibility index (Phi) is 9.21. The fourth-order valence-corrected chi connectivity index (χ4v) is 5.33. The fourth-order valence-electron chi connectivity index (χ4n) is 5.16. The molecule has 0 bridgehead atoms. The van der Waals surface area contributed by atoms with Gasteiger partial charge in [0.1, 0.15) is 0 Å². The summed E-state index contributed by atoms with van der Waals surface area (Å²) in [6.45, 7) is 4.15. The number of H-pyrrole nitrogens is 1. The number of carbonyl (C=O) groups is 2. The second-order valence-electron chi connectivity index (χ2n) is 9.96. The molecule has 182 valence electrons. The van der Waals surface area contributed by atoms with Crippen LogP contribution in [0.15, 0.2) is 24.4 Å². The normalized spacial score (nSPS) is 17.6. The number of rotatable bonds is 10. The zero-order chi connectivity index (χ0) is 24.0. The average molecular weight is 476 g/mol. The van der Waals surface area contributed by atoms with Gasteiger partial charge in [0.15, 0.2) is 0 Å². The van der Waals surface area contributed by atoms with Gasteiger partial charge in [-0.05, 0) is 49.3 Å². The lowest BCUT2D eigenvalue weighted by Gasteiger charge is -2.32. The molecule has 2 amide bonds. The number of nitrogens with one attached hydrogen (secondary N) is 3. The van der Waals surface area contributed by atoms with Crippen molar-refractivity contribution < 1.29 is 14.7 Å². The van der Waals surface area contributed by atoms with Crippen molar-refractivity contribution in [3.8, 4) is 0 Å². The van der Waals surface area contributed by atoms with E-state index >= 15 is 0 Å². The van der Waals surface area contributed by atoms with E-state index in [1.54, 1.807) is 25.4 Å². The third-order valence-electron chi connectivity index (χ3n) is 6.88. The molecule has 7 heteroatoms. The van der Waals surface area contributed by atoms with Crippen LogP contribution in [0.2, 0.25) is 5.02 Å². The lowest BCUT2D eigenvalue weighted by Crippen LogP contribution is -2.46. The van der Waals surface area contributed by atoms with E-state index in [0.717, 1.165) is 30.2 Å². The lowest BCUT2D eigenvalue weighted by atomic mass is 9.81. The maximum Gasteiger partial charge on any atom is 0.253 e. The van der Waals surface area contributed by atoms with Gasteiger partial charge in [0.2, 0.25) is 5.91 Å². The molecule has 1 aromatic heterocycles. The van der Waals surface area contributed by atoms with Gasteiger partial charge in [-0.1, -0.05) is 57.6 Å². The molecule has 4 N–H and O–H groups in total. The van der Waals surface area contributed by atoms with E-state index in [2.05, 4.69) is 29.5 Å². The Morgan fingerprint density at radius 2 is 1.91 bits per heavy atom. The minimum atomic E-state index is -0.800. The number of aromatic amines is 1. The molecular weight excluding hydrogens is 438 g/mol. The highest BCUT2D eigenvalue weighted by Gasteiger charge is 2.31. The summed E-state index contributed by atoms with van der Waals surface area (Å²) in [7, 11) is 1.63. The van der Waals surface area contributed by atoms with Crippen molar-refractivity contribution in [2.24, 2.45) is 17.8 Å². The molecule has 1 aromatic carbocycles. The summed E-state index contributed by atoms with van der Waals surface area (Å²) in [6.07, 6.45) is 8.50. The predicted molar refractivity (Wildman–Crippen MR) is 133 cm³/mol. The van der Waals surface area contributed by atoms with Gasteiger partial charge in [-0.2, -0.15) is 0 Å². The minimum absolute atomic E-state index is 0.0586. The molecule has 3 atom stereocenters. The van der Waals surface area contributed by atoms with E-state index in [-0.39, 0.29) is 17.7 Å². The van der Waals surface area contributed by atoms with Crippen molar-refractivity contribution in [3.63, 3.8) is 0 Å². The molecule has 6 nitrogen and oxygen atoms in total. The van der Waals surface area contributed by atoms with Gasteiger partial charge < -0.3 is 20.7 Å². The van der Waals surface area contributed by atoms with Gasteiger partial charge in [0.25, 0.3) is 5.91 Å². The molecule has 0 unspecified atom stereocenters. The maximum atomic E-state index is 13.3. The Morgan fingerprint density at radius 3 is 2.58 bits per heavy atom. The zero-order valence-electron chi connectivity index (χ0n) is 20.0. The number of hydrogen-bond acceptors (Lipinski definition) is 3. The Morgan fingerprint density at radius 1 is 1.18 bits per heavy atom. The SMILES string of the molecule is CNC(=O)[C@H](CC(C)C)C[C@H](O)[C@H](CC1CCCCC1)NC(=O)c1c[nH]c2ccc(Cl)cc12. The Bertz CT molecular complexity index is 936. The van der Waals surface area contributed by atoms with Gasteiger partial charge in [-0.25, -0.2) is 0 Å². The van der Waals surface area contributed by atoms with Crippen LogP contribution in [-0.2, 0) is 4.79 Å². The topological polar surface area (TPSA) is 94.2 Å². The van der Waals surface area contributed by atoms with Crippen LogP contribution < -0.4 is 10.6 Å². The van der Waals surface area contributed by atoms with E-state index in [1.807, 2.05) is 6.07 Å². The highest BCUT2D eigenvalue weighted by Crippen LogP contribution is 2.30. The van der Waals surface area contributed by atoms with E-state index in [9.17, 15) is 14.7 Å². The van der Waals surface area contributed by atoms with Crippen molar-refractivity contribution in [1.82, 2.24) is 15.6 Å². The number of aromatic nitrogens is 1. The molecule has 2 aromatic rings. The van der Waals surface area contributed by atoms with Crippen LogP contribution in [0.4, 0.5) is 0 Å². The monoisotopic (exact) mass is 475 g/mol. The number of benzene rings is 1. The molecule has 0 aliphatic heterocycles. The number of fused-ring (bicyclic) bond motifs is 1. The average Bonchev–Trinajstić information content (AvgIpc) is 3.21. The molecule has 0 spiro atoms. The number of hydrogen-bond donors (Lipinski definition) is 4. The second kappa shape index (κ2) is 11.9. The third kappa shape index (κ3) is 6.97. The lowest BCUT2D eigenvalue weighted by molar-refractivity contribution is -0.126. The van der Waals surface area contributed by atoms with Crippen LogP contribution in [0, 0.1) is 17.8 Å². The van der Waals surface area contributed by atoms with Crippen molar-refractivity contribution in [1.29, 1.82) is 0 Å². The van der Waals surface area contributed by atoms with Crippen LogP contribution >= 0.6 is 11.6 Å². The standard InChI is InChI=1S/C26H38ClN3O3/c1-16(2)11-18(25(32)28-3)13-24(31)23(12-17-7-5-4-6-8-17)30-26(33)21-15-29-22-10-9-19(27)14-20(21)22/h9-10,14-18,23-24,29,31H,4-8,11-13H2,1-3H3,(H,28,32)(H,30,33)/t18-,23+,24+/m1/s1. The first-order valence-corrected chi connectivity index (χ1v) is 12.6. The summed E-state index contributed by atoms with van der Waals surface area (Å²) < 4.78 is 0. The molecule has 1 fully saturated rings. The second-order valence-corrected chi connectivity index (χ2v) is 10.4. The summed E-state index contributed by atoms with van der Waals surface area (Å²) in [6, 6.07) is 5.00. The van der Waals surface area contributed by atoms with Gasteiger partial charge in [0, 0.05) is 35.1 Å². The molecule has 1 aliphatic carbocycles. The molecule has 33 heavy (non-hydrogen) atoms. The van der Waals surface area contributed by atoms with Crippen LogP contribution in [0.3, 0.4) is 0 Å². The quantitative estimate of drug-likeness (QED) is 0.387. The van der Waals surface area contributed by atoms with Gasteiger partial charge in [-0.15, -0.1) is 0 Å². The molecule has 1 aliphatic rings. The molecular formula is C26H38ClN3O3.